The van der Waals surface area contributed by atoms with Crippen molar-refractivity contribution in [3.8, 4) is 0 Å². The van der Waals surface area contributed by atoms with Gasteiger partial charge in [0.15, 0.2) is 0 Å². The molecule has 2 unspecified atom stereocenters. The number of rotatable bonds is 7. The highest BCUT2D eigenvalue weighted by Crippen LogP contribution is 2.15. The quantitative estimate of drug-likeness (QED) is 0.801. The first kappa shape index (κ1) is 15.2. The second-order valence-electron chi connectivity index (χ2n) is 5.40. The SMILES string of the molecule is CNC(Cc1ccc(C)c(C)c1)CC(C)COC. The lowest BCUT2D eigenvalue weighted by molar-refractivity contribution is 0.150. The Morgan fingerprint density at radius 1 is 1.22 bits per heavy atom. The molecule has 0 saturated carbocycles. The van der Waals surface area contributed by atoms with Crippen LogP contribution in [-0.2, 0) is 11.2 Å². The average Bonchev–Trinajstić information content (AvgIpc) is 2.33. The average molecular weight is 249 g/mol. The maximum Gasteiger partial charge on any atom is 0.0488 e. The van der Waals surface area contributed by atoms with Crippen LogP contribution in [0.5, 0.6) is 0 Å². The van der Waals surface area contributed by atoms with Crippen LogP contribution in [0, 0.1) is 19.8 Å². The summed E-state index contributed by atoms with van der Waals surface area (Å²) in [6.45, 7) is 7.43. The van der Waals surface area contributed by atoms with Crippen molar-refractivity contribution < 1.29 is 4.74 Å². The molecule has 0 aromatic heterocycles. The Morgan fingerprint density at radius 2 is 1.94 bits per heavy atom. The predicted octanol–water partition coefficient (Wildman–Crippen LogP) is 3.11. The minimum Gasteiger partial charge on any atom is -0.384 e. The van der Waals surface area contributed by atoms with Crippen LogP contribution >= 0.6 is 0 Å². The molecule has 1 aromatic carbocycles. The van der Waals surface area contributed by atoms with Crippen molar-refractivity contribution in [1.29, 1.82) is 0 Å². The van der Waals surface area contributed by atoms with Crippen LogP contribution in [0.4, 0.5) is 0 Å². The molecule has 0 bridgehead atoms. The van der Waals surface area contributed by atoms with Gasteiger partial charge in [0.25, 0.3) is 0 Å². The molecule has 0 heterocycles. The predicted molar refractivity (Wildman–Crippen MR) is 78.1 cm³/mol. The van der Waals surface area contributed by atoms with Crippen molar-refractivity contribution in [3.05, 3.63) is 34.9 Å². The van der Waals surface area contributed by atoms with Crippen LogP contribution in [0.2, 0.25) is 0 Å². The standard InChI is InChI=1S/C16H27NO/c1-12(11-18-5)8-16(17-4)10-15-7-6-13(2)14(3)9-15/h6-7,9,12,16-17H,8,10-11H2,1-5H3. The third-order valence-corrected chi connectivity index (χ3v) is 3.60. The lowest BCUT2D eigenvalue weighted by Crippen LogP contribution is -2.30. The van der Waals surface area contributed by atoms with Crippen molar-refractivity contribution in [2.24, 2.45) is 5.92 Å². The van der Waals surface area contributed by atoms with Gasteiger partial charge in [-0.3, -0.25) is 0 Å². The van der Waals surface area contributed by atoms with Gasteiger partial charge in [0.2, 0.25) is 0 Å². The van der Waals surface area contributed by atoms with E-state index in [1.807, 2.05) is 7.05 Å². The molecular weight excluding hydrogens is 222 g/mol. The van der Waals surface area contributed by atoms with Crippen LogP contribution in [0.3, 0.4) is 0 Å². The Hall–Kier alpha value is -0.860. The molecule has 2 nitrogen and oxygen atoms in total. The minimum absolute atomic E-state index is 0.525. The molecule has 0 aliphatic heterocycles. The van der Waals surface area contributed by atoms with Gasteiger partial charge >= 0.3 is 0 Å². The van der Waals surface area contributed by atoms with Crippen LogP contribution in [0.1, 0.15) is 30.0 Å². The number of methoxy groups -OCH3 is 1. The summed E-state index contributed by atoms with van der Waals surface area (Å²) in [5, 5.41) is 3.42. The fourth-order valence-electron chi connectivity index (χ4n) is 2.36. The van der Waals surface area contributed by atoms with Gasteiger partial charge in [-0.2, -0.15) is 0 Å². The van der Waals surface area contributed by atoms with Gasteiger partial charge in [0, 0.05) is 19.8 Å². The van der Waals surface area contributed by atoms with Crippen LogP contribution in [0.15, 0.2) is 18.2 Å². The fourth-order valence-corrected chi connectivity index (χ4v) is 2.36. The van der Waals surface area contributed by atoms with E-state index < -0.39 is 0 Å². The highest BCUT2D eigenvalue weighted by atomic mass is 16.5. The zero-order valence-electron chi connectivity index (χ0n) is 12.4. The van der Waals surface area contributed by atoms with Gasteiger partial charge in [-0.25, -0.2) is 0 Å². The third kappa shape index (κ3) is 4.79. The molecule has 0 aliphatic rings. The van der Waals surface area contributed by atoms with E-state index in [9.17, 15) is 0 Å². The summed E-state index contributed by atoms with van der Waals surface area (Å²) in [4.78, 5) is 0. The number of ether oxygens (including phenoxy) is 1. The van der Waals surface area contributed by atoms with Crippen molar-refractivity contribution >= 4 is 0 Å². The smallest absolute Gasteiger partial charge is 0.0488 e. The second kappa shape index (κ2) is 7.55. The van der Waals surface area contributed by atoms with E-state index in [4.69, 9.17) is 4.74 Å². The largest absolute Gasteiger partial charge is 0.384 e. The van der Waals surface area contributed by atoms with E-state index in [0.29, 0.717) is 12.0 Å². The normalized spacial score (nSPS) is 14.5. The van der Waals surface area contributed by atoms with Crippen LogP contribution in [-0.4, -0.2) is 26.8 Å². The van der Waals surface area contributed by atoms with Gasteiger partial charge < -0.3 is 10.1 Å². The zero-order valence-corrected chi connectivity index (χ0v) is 12.4. The maximum atomic E-state index is 5.21. The molecule has 0 aliphatic carbocycles. The Balaban J connectivity index is 2.59. The molecule has 102 valence electrons. The molecule has 2 atom stereocenters. The summed E-state index contributed by atoms with van der Waals surface area (Å²) in [5.41, 5.74) is 4.17. The number of nitrogens with one attached hydrogen (secondary N) is 1. The zero-order chi connectivity index (χ0) is 13.5. The van der Waals surface area contributed by atoms with Gasteiger partial charge in [-0.05, 0) is 56.3 Å². The molecule has 1 aromatic rings. The lowest BCUT2D eigenvalue weighted by atomic mass is 9.95. The highest BCUT2D eigenvalue weighted by Gasteiger charge is 2.12. The summed E-state index contributed by atoms with van der Waals surface area (Å²) in [5.74, 6) is 0.596. The second-order valence-corrected chi connectivity index (χ2v) is 5.40. The molecule has 1 rings (SSSR count). The first-order chi connectivity index (χ1) is 8.56. The van der Waals surface area contributed by atoms with E-state index in [2.05, 4.69) is 44.3 Å². The molecule has 1 N–H and O–H groups in total. The van der Waals surface area contributed by atoms with E-state index in [1.54, 1.807) is 7.11 Å². The summed E-state index contributed by atoms with van der Waals surface area (Å²) in [6, 6.07) is 7.29. The summed E-state index contributed by atoms with van der Waals surface area (Å²) in [7, 11) is 3.82. The number of benzene rings is 1. The summed E-state index contributed by atoms with van der Waals surface area (Å²) in [6.07, 6.45) is 2.24. The first-order valence-corrected chi connectivity index (χ1v) is 6.79. The Kier molecular flexibility index (Phi) is 6.37. The molecular formula is C16H27NO. The van der Waals surface area contributed by atoms with Gasteiger partial charge in [-0.15, -0.1) is 0 Å². The fraction of sp³-hybridized carbons (Fsp3) is 0.625. The van der Waals surface area contributed by atoms with Crippen LogP contribution < -0.4 is 5.32 Å². The number of aryl methyl sites for hydroxylation is 2. The summed E-state index contributed by atoms with van der Waals surface area (Å²) < 4.78 is 5.21. The maximum absolute atomic E-state index is 5.21. The van der Waals surface area contributed by atoms with Gasteiger partial charge in [0.05, 0.1) is 0 Å². The Bertz CT molecular complexity index is 362. The molecule has 0 amide bonds. The summed E-state index contributed by atoms with van der Waals surface area (Å²) >= 11 is 0. The third-order valence-electron chi connectivity index (χ3n) is 3.60. The van der Waals surface area contributed by atoms with E-state index >= 15 is 0 Å². The Morgan fingerprint density at radius 3 is 2.50 bits per heavy atom. The van der Waals surface area contributed by atoms with Crippen LogP contribution in [0.25, 0.3) is 0 Å². The molecule has 18 heavy (non-hydrogen) atoms. The Labute approximate surface area is 112 Å². The first-order valence-electron chi connectivity index (χ1n) is 6.79. The molecule has 0 spiro atoms. The topological polar surface area (TPSA) is 21.3 Å². The lowest BCUT2D eigenvalue weighted by Gasteiger charge is -2.20. The van der Waals surface area contributed by atoms with Crippen molar-refractivity contribution in [3.63, 3.8) is 0 Å². The molecule has 2 heteroatoms. The minimum atomic E-state index is 0.525. The number of likely N-dealkylation sites (N-methyl/N-ethyl adjacent to an activating group) is 1. The molecule has 0 saturated heterocycles. The molecule has 0 fully saturated rings. The number of hydrogen-bond donors (Lipinski definition) is 1. The van der Waals surface area contributed by atoms with Crippen molar-refractivity contribution in [1.82, 2.24) is 5.32 Å². The highest BCUT2D eigenvalue weighted by molar-refractivity contribution is 5.30. The van der Waals surface area contributed by atoms with Gasteiger partial charge in [0.1, 0.15) is 0 Å². The van der Waals surface area contributed by atoms with Crippen molar-refractivity contribution in [2.75, 3.05) is 20.8 Å². The van der Waals surface area contributed by atoms with Gasteiger partial charge in [-0.1, -0.05) is 25.1 Å². The van der Waals surface area contributed by atoms with E-state index in [1.165, 1.54) is 16.7 Å². The molecule has 0 radical (unpaired) electrons. The monoisotopic (exact) mass is 249 g/mol. The van der Waals surface area contributed by atoms with Crippen molar-refractivity contribution in [2.45, 2.75) is 39.7 Å². The van der Waals surface area contributed by atoms with E-state index in [0.717, 1.165) is 19.4 Å². The number of hydrogen-bond acceptors (Lipinski definition) is 2. The van der Waals surface area contributed by atoms with E-state index in [-0.39, 0.29) is 0 Å².